The van der Waals surface area contributed by atoms with Gasteiger partial charge in [-0.1, -0.05) is 30.3 Å². The Kier molecular flexibility index (Phi) is 2.95. The number of aromatic nitrogens is 3. The molecule has 1 amide bonds. The van der Waals surface area contributed by atoms with E-state index >= 15 is 0 Å². The molecule has 0 radical (unpaired) electrons. The molecule has 0 bridgehead atoms. The lowest BCUT2D eigenvalue weighted by Gasteiger charge is -2.05. The van der Waals surface area contributed by atoms with Crippen molar-refractivity contribution in [2.24, 2.45) is 0 Å². The minimum Gasteiger partial charge on any atom is -0.274 e. The molecule has 0 aliphatic carbocycles. The molecule has 0 spiro atoms. The van der Waals surface area contributed by atoms with Crippen molar-refractivity contribution in [2.45, 2.75) is 13.3 Å². The maximum absolute atomic E-state index is 10.9. The van der Waals surface area contributed by atoms with Gasteiger partial charge in [-0.25, -0.2) is 4.68 Å². The molecule has 1 heterocycles. The summed E-state index contributed by atoms with van der Waals surface area (Å²) in [5, 5.41) is 7.73. The van der Waals surface area contributed by atoms with Gasteiger partial charge in [0.05, 0.1) is 0 Å². The lowest BCUT2D eigenvalue weighted by molar-refractivity contribution is -0.115. The number of nitrogens with one attached hydrogen (secondary N) is 1. The number of hydrogen-bond donors (Lipinski definition) is 1. The van der Waals surface area contributed by atoms with Gasteiger partial charge in [-0.15, -0.1) is 10.2 Å². The average molecular weight is 216 g/mol. The van der Waals surface area contributed by atoms with Crippen LogP contribution in [0, 0.1) is 0 Å². The fourth-order valence-electron chi connectivity index (χ4n) is 1.42. The van der Waals surface area contributed by atoms with E-state index in [0.29, 0.717) is 12.2 Å². The molecule has 5 heteroatoms. The maximum Gasteiger partial charge on any atom is 0.235 e. The summed E-state index contributed by atoms with van der Waals surface area (Å²) in [7, 11) is 0. The van der Waals surface area contributed by atoms with Gasteiger partial charge < -0.3 is 0 Å². The highest BCUT2D eigenvalue weighted by Crippen LogP contribution is 2.05. The highest BCUT2D eigenvalue weighted by molar-refractivity contribution is 5.80. The molecular formula is C11H12N4O. The predicted octanol–water partition coefficient (Wildman–Crippen LogP) is 0.959. The lowest BCUT2D eigenvalue weighted by Crippen LogP contribution is -2.21. The van der Waals surface area contributed by atoms with Crippen molar-refractivity contribution < 1.29 is 4.79 Å². The van der Waals surface area contributed by atoms with Crippen molar-refractivity contribution in [3.8, 4) is 0 Å². The van der Waals surface area contributed by atoms with Crippen LogP contribution < -0.4 is 5.43 Å². The molecular weight excluding hydrogens is 204 g/mol. The van der Waals surface area contributed by atoms with Gasteiger partial charge >= 0.3 is 0 Å². The van der Waals surface area contributed by atoms with E-state index in [1.807, 2.05) is 30.3 Å². The van der Waals surface area contributed by atoms with E-state index in [1.54, 1.807) is 0 Å². The third-order valence-electron chi connectivity index (χ3n) is 2.10. The molecule has 0 aliphatic rings. The molecule has 0 saturated carbocycles. The summed E-state index contributed by atoms with van der Waals surface area (Å²) < 4.78 is 1.54. The van der Waals surface area contributed by atoms with E-state index in [9.17, 15) is 4.79 Å². The fourth-order valence-corrected chi connectivity index (χ4v) is 1.42. The van der Waals surface area contributed by atoms with Crippen LogP contribution >= 0.6 is 0 Å². The number of hydrogen-bond acceptors (Lipinski definition) is 3. The number of rotatable bonds is 3. The van der Waals surface area contributed by atoms with Crippen LogP contribution in [0.15, 0.2) is 36.7 Å². The average Bonchev–Trinajstić information content (AvgIpc) is 2.66. The number of nitrogens with zero attached hydrogens (tertiary/aromatic N) is 3. The zero-order chi connectivity index (χ0) is 11.4. The second-order valence-electron chi connectivity index (χ2n) is 3.45. The topological polar surface area (TPSA) is 59.8 Å². The van der Waals surface area contributed by atoms with Crippen molar-refractivity contribution in [1.82, 2.24) is 14.9 Å². The molecule has 2 rings (SSSR count). The Balaban J connectivity index is 2.16. The SMILES string of the molecule is CC(=O)Nn1cnnc1Cc1ccccc1. The molecule has 1 aromatic carbocycles. The van der Waals surface area contributed by atoms with Crippen LogP contribution in [-0.4, -0.2) is 20.8 Å². The molecule has 1 aromatic heterocycles. The summed E-state index contributed by atoms with van der Waals surface area (Å²) in [6.45, 7) is 1.45. The number of benzene rings is 1. The minimum absolute atomic E-state index is 0.144. The summed E-state index contributed by atoms with van der Waals surface area (Å²) in [5.41, 5.74) is 3.75. The molecule has 0 fully saturated rings. The van der Waals surface area contributed by atoms with Crippen molar-refractivity contribution in [2.75, 3.05) is 5.43 Å². The van der Waals surface area contributed by atoms with Gasteiger partial charge in [0.15, 0.2) is 5.82 Å². The summed E-state index contributed by atoms with van der Waals surface area (Å²) in [4.78, 5) is 10.9. The Hall–Kier alpha value is -2.17. The van der Waals surface area contributed by atoms with Crippen LogP contribution in [-0.2, 0) is 11.2 Å². The lowest BCUT2D eigenvalue weighted by atomic mass is 10.1. The summed E-state index contributed by atoms with van der Waals surface area (Å²) in [6, 6.07) is 9.91. The second kappa shape index (κ2) is 4.57. The van der Waals surface area contributed by atoms with Gasteiger partial charge in [0.25, 0.3) is 0 Å². The normalized spacial score (nSPS) is 10.1. The van der Waals surface area contributed by atoms with Crippen LogP contribution in [0.25, 0.3) is 0 Å². The van der Waals surface area contributed by atoms with E-state index < -0.39 is 0 Å². The molecule has 2 aromatic rings. The Morgan fingerprint density at radius 3 is 2.81 bits per heavy atom. The van der Waals surface area contributed by atoms with Gasteiger partial charge in [-0.2, -0.15) is 0 Å². The molecule has 0 saturated heterocycles. The standard InChI is InChI=1S/C11H12N4O/c1-9(16)14-15-8-12-13-11(15)7-10-5-3-2-4-6-10/h2-6,8H,7H2,1H3,(H,14,16). The predicted molar refractivity (Wildman–Crippen MR) is 59.3 cm³/mol. The van der Waals surface area contributed by atoms with Crippen LogP contribution in [0.2, 0.25) is 0 Å². The van der Waals surface area contributed by atoms with Gasteiger partial charge in [-0.3, -0.25) is 10.2 Å². The molecule has 0 aliphatic heterocycles. The van der Waals surface area contributed by atoms with E-state index in [1.165, 1.54) is 17.9 Å². The first-order chi connectivity index (χ1) is 7.75. The van der Waals surface area contributed by atoms with E-state index in [2.05, 4.69) is 15.6 Å². The minimum atomic E-state index is -0.144. The summed E-state index contributed by atoms with van der Waals surface area (Å²) in [5.74, 6) is 0.565. The van der Waals surface area contributed by atoms with Crippen molar-refractivity contribution in [3.05, 3.63) is 48.0 Å². The van der Waals surface area contributed by atoms with Gasteiger partial charge in [0.2, 0.25) is 5.91 Å². The highest BCUT2D eigenvalue weighted by atomic mass is 16.2. The summed E-state index contributed by atoms with van der Waals surface area (Å²) >= 11 is 0. The molecule has 5 nitrogen and oxygen atoms in total. The summed E-state index contributed by atoms with van der Waals surface area (Å²) in [6.07, 6.45) is 2.13. The van der Waals surface area contributed by atoms with Crippen LogP contribution in [0.4, 0.5) is 0 Å². The third kappa shape index (κ3) is 2.44. The van der Waals surface area contributed by atoms with E-state index in [-0.39, 0.29) is 5.91 Å². The van der Waals surface area contributed by atoms with Gasteiger partial charge in [0, 0.05) is 13.3 Å². The Bertz CT molecular complexity index is 478. The Labute approximate surface area is 93.1 Å². The van der Waals surface area contributed by atoms with Crippen LogP contribution in [0.5, 0.6) is 0 Å². The Morgan fingerprint density at radius 2 is 2.12 bits per heavy atom. The molecule has 1 N–H and O–H groups in total. The number of carbonyl (C=O) groups excluding carboxylic acids is 1. The molecule has 82 valence electrons. The molecule has 0 atom stereocenters. The van der Waals surface area contributed by atoms with Crippen molar-refractivity contribution in [3.63, 3.8) is 0 Å². The zero-order valence-corrected chi connectivity index (χ0v) is 8.92. The quantitative estimate of drug-likeness (QED) is 0.831. The van der Waals surface area contributed by atoms with Crippen molar-refractivity contribution in [1.29, 1.82) is 0 Å². The van der Waals surface area contributed by atoms with E-state index in [4.69, 9.17) is 0 Å². The zero-order valence-electron chi connectivity index (χ0n) is 8.92. The fraction of sp³-hybridized carbons (Fsp3) is 0.182. The van der Waals surface area contributed by atoms with Crippen LogP contribution in [0.3, 0.4) is 0 Å². The second-order valence-corrected chi connectivity index (χ2v) is 3.45. The largest absolute Gasteiger partial charge is 0.274 e. The number of carbonyl (C=O) groups is 1. The number of amides is 1. The van der Waals surface area contributed by atoms with Gasteiger partial charge in [-0.05, 0) is 5.56 Å². The first kappa shape index (κ1) is 10.4. The monoisotopic (exact) mass is 216 g/mol. The smallest absolute Gasteiger partial charge is 0.235 e. The third-order valence-corrected chi connectivity index (χ3v) is 2.10. The van der Waals surface area contributed by atoms with E-state index in [0.717, 1.165) is 5.56 Å². The van der Waals surface area contributed by atoms with Gasteiger partial charge in [0.1, 0.15) is 6.33 Å². The highest BCUT2D eigenvalue weighted by Gasteiger charge is 2.05. The maximum atomic E-state index is 10.9. The van der Waals surface area contributed by atoms with Crippen LogP contribution in [0.1, 0.15) is 18.3 Å². The first-order valence-corrected chi connectivity index (χ1v) is 4.96. The Morgan fingerprint density at radius 1 is 1.38 bits per heavy atom. The molecule has 0 unspecified atom stereocenters. The van der Waals surface area contributed by atoms with Crippen molar-refractivity contribution >= 4 is 5.91 Å². The molecule has 16 heavy (non-hydrogen) atoms. The first-order valence-electron chi connectivity index (χ1n) is 4.96.